The van der Waals surface area contributed by atoms with Gasteiger partial charge in [0.2, 0.25) is 5.88 Å². The van der Waals surface area contributed by atoms with Crippen molar-refractivity contribution in [2.75, 3.05) is 13.2 Å². The Morgan fingerprint density at radius 2 is 2.12 bits per heavy atom. The summed E-state index contributed by atoms with van der Waals surface area (Å²) in [4.78, 5) is 4.41. The van der Waals surface area contributed by atoms with Crippen LogP contribution in [0, 0.1) is 5.92 Å². The van der Waals surface area contributed by atoms with Gasteiger partial charge >= 0.3 is 0 Å². The number of nitrogens with two attached hydrogens (primary N) is 1. The molecule has 0 aliphatic rings. The average molecular weight is 350 g/mol. The molecular weight excluding hydrogens is 328 g/mol. The number of hydrogen-bond acceptors (Lipinski definition) is 5. The van der Waals surface area contributed by atoms with E-state index < -0.39 is 0 Å². The second-order valence-corrected chi connectivity index (χ2v) is 6.43. The van der Waals surface area contributed by atoms with Crippen LogP contribution in [0.25, 0.3) is 28.1 Å². The van der Waals surface area contributed by atoms with Gasteiger partial charge in [0.1, 0.15) is 11.3 Å². The van der Waals surface area contributed by atoms with Gasteiger partial charge in [0.25, 0.3) is 0 Å². The number of furan rings is 1. The second kappa shape index (κ2) is 7.17. The Kier molecular flexibility index (Phi) is 4.58. The normalized spacial score (nSPS) is 12.7. The van der Waals surface area contributed by atoms with Gasteiger partial charge in [-0.25, -0.2) is 9.50 Å². The summed E-state index contributed by atoms with van der Waals surface area (Å²) >= 11 is 0. The molecule has 0 amide bonds. The maximum atomic E-state index is 5.95. The minimum atomic E-state index is 0.343. The first-order valence-electron chi connectivity index (χ1n) is 8.95. The molecule has 0 saturated carbocycles. The molecular formula is C20H22N4O2. The summed E-state index contributed by atoms with van der Waals surface area (Å²) in [6, 6.07) is 13.7. The zero-order valence-electron chi connectivity index (χ0n) is 14.8. The van der Waals surface area contributed by atoms with Crippen LogP contribution in [0.1, 0.15) is 19.8 Å². The van der Waals surface area contributed by atoms with Gasteiger partial charge < -0.3 is 14.9 Å². The summed E-state index contributed by atoms with van der Waals surface area (Å²) in [7, 11) is 0. The lowest BCUT2D eigenvalue weighted by atomic mass is 10.1. The minimum absolute atomic E-state index is 0.343. The summed E-state index contributed by atoms with van der Waals surface area (Å²) in [6.45, 7) is 3.33. The summed E-state index contributed by atoms with van der Waals surface area (Å²) in [5, 5.41) is 5.63. The molecule has 1 atom stereocenters. The first-order chi connectivity index (χ1) is 12.8. The topological polar surface area (TPSA) is 78.6 Å². The molecule has 26 heavy (non-hydrogen) atoms. The van der Waals surface area contributed by atoms with Crippen molar-refractivity contribution in [2.45, 2.75) is 19.8 Å². The number of benzene rings is 1. The zero-order valence-corrected chi connectivity index (χ0v) is 14.8. The highest BCUT2D eigenvalue weighted by Crippen LogP contribution is 2.28. The van der Waals surface area contributed by atoms with Gasteiger partial charge in [0, 0.05) is 17.4 Å². The first-order valence-corrected chi connectivity index (χ1v) is 8.95. The van der Waals surface area contributed by atoms with Gasteiger partial charge in [-0.1, -0.05) is 31.5 Å². The van der Waals surface area contributed by atoms with Crippen LogP contribution < -0.4 is 10.5 Å². The third-order valence-corrected chi connectivity index (χ3v) is 4.51. The fourth-order valence-electron chi connectivity index (χ4n) is 3.09. The van der Waals surface area contributed by atoms with Crippen molar-refractivity contribution in [1.29, 1.82) is 0 Å². The summed E-state index contributed by atoms with van der Waals surface area (Å²) < 4.78 is 13.6. The first kappa shape index (κ1) is 16.6. The molecule has 3 aromatic heterocycles. The Bertz CT molecular complexity index is 988. The Morgan fingerprint density at radius 1 is 1.23 bits per heavy atom. The average Bonchev–Trinajstić information content (AvgIpc) is 3.28. The molecule has 6 nitrogen and oxygen atoms in total. The highest BCUT2D eigenvalue weighted by atomic mass is 16.5. The Balaban J connectivity index is 1.64. The minimum Gasteiger partial charge on any atom is -0.476 e. The number of rotatable bonds is 7. The largest absolute Gasteiger partial charge is 0.476 e. The number of hydrogen-bond donors (Lipinski definition) is 1. The Hall–Kier alpha value is -2.86. The van der Waals surface area contributed by atoms with E-state index in [-0.39, 0.29) is 0 Å². The lowest BCUT2D eigenvalue weighted by Crippen LogP contribution is -2.21. The van der Waals surface area contributed by atoms with Gasteiger partial charge in [-0.3, -0.25) is 0 Å². The van der Waals surface area contributed by atoms with E-state index in [1.54, 1.807) is 10.7 Å². The molecule has 0 saturated heterocycles. The number of imidazole rings is 1. The van der Waals surface area contributed by atoms with Gasteiger partial charge in [0.05, 0.1) is 12.8 Å². The molecule has 134 valence electrons. The maximum Gasteiger partial charge on any atom is 0.231 e. The monoisotopic (exact) mass is 350 g/mol. The van der Waals surface area contributed by atoms with Crippen molar-refractivity contribution in [1.82, 2.24) is 14.6 Å². The van der Waals surface area contributed by atoms with E-state index in [9.17, 15) is 0 Å². The lowest BCUT2D eigenvalue weighted by Gasteiger charge is -2.14. The SMILES string of the molecule is CCCC(CN)COc1ccc2ncc(-c3cc4ccccc4o3)n2n1. The fourth-order valence-corrected chi connectivity index (χ4v) is 3.09. The molecule has 0 aliphatic heterocycles. The Morgan fingerprint density at radius 3 is 2.92 bits per heavy atom. The lowest BCUT2D eigenvalue weighted by molar-refractivity contribution is 0.233. The van der Waals surface area contributed by atoms with Crippen molar-refractivity contribution in [3.8, 4) is 17.3 Å². The number of nitrogens with zero attached hydrogens (tertiary/aromatic N) is 3. The maximum absolute atomic E-state index is 5.95. The van der Waals surface area contributed by atoms with Crippen LogP contribution in [0.4, 0.5) is 0 Å². The molecule has 1 aromatic carbocycles. The molecule has 0 radical (unpaired) electrons. The second-order valence-electron chi connectivity index (χ2n) is 6.43. The van der Waals surface area contributed by atoms with E-state index in [2.05, 4.69) is 17.0 Å². The van der Waals surface area contributed by atoms with E-state index in [0.717, 1.165) is 40.9 Å². The third-order valence-electron chi connectivity index (χ3n) is 4.51. The van der Waals surface area contributed by atoms with Crippen LogP contribution in [0.15, 0.2) is 53.1 Å². The van der Waals surface area contributed by atoms with Gasteiger partial charge in [-0.15, -0.1) is 5.10 Å². The number of ether oxygens (including phenoxy) is 1. The fraction of sp³-hybridized carbons (Fsp3) is 0.300. The molecule has 3 heterocycles. The molecule has 2 N–H and O–H groups in total. The van der Waals surface area contributed by atoms with Crippen molar-refractivity contribution >= 4 is 16.6 Å². The zero-order chi connectivity index (χ0) is 17.9. The molecule has 4 rings (SSSR count). The molecule has 0 bridgehead atoms. The summed E-state index contributed by atoms with van der Waals surface area (Å²) in [5.41, 5.74) is 8.19. The quantitative estimate of drug-likeness (QED) is 0.547. The van der Waals surface area contributed by atoms with Crippen LogP contribution in [-0.4, -0.2) is 27.7 Å². The number of fused-ring (bicyclic) bond motifs is 2. The van der Waals surface area contributed by atoms with E-state index in [1.165, 1.54) is 0 Å². The predicted octanol–water partition coefficient (Wildman–Crippen LogP) is 3.90. The molecule has 0 fully saturated rings. The molecule has 0 aliphatic carbocycles. The van der Waals surface area contributed by atoms with Gasteiger partial charge in [-0.05, 0) is 31.2 Å². The van der Waals surface area contributed by atoms with Crippen LogP contribution in [-0.2, 0) is 0 Å². The highest BCUT2D eigenvalue weighted by Gasteiger charge is 2.14. The van der Waals surface area contributed by atoms with E-state index in [4.69, 9.17) is 14.9 Å². The molecule has 4 aromatic rings. The smallest absolute Gasteiger partial charge is 0.231 e. The van der Waals surface area contributed by atoms with Gasteiger partial charge in [0.15, 0.2) is 11.4 Å². The Labute approximate surface area is 151 Å². The molecule has 6 heteroatoms. The van der Waals surface area contributed by atoms with Crippen molar-refractivity contribution in [3.63, 3.8) is 0 Å². The van der Waals surface area contributed by atoms with Crippen molar-refractivity contribution in [2.24, 2.45) is 11.7 Å². The number of aromatic nitrogens is 3. The summed E-state index contributed by atoms with van der Waals surface area (Å²) in [6.07, 6.45) is 3.91. The summed E-state index contributed by atoms with van der Waals surface area (Å²) in [5.74, 6) is 1.63. The standard InChI is InChI=1S/C20H22N4O2/c1-2-5-14(11-21)13-25-20-9-8-19-22-12-16(24(19)23-20)18-10-15-6-3-4-7-17(15)26-18/h3-4,6-10,12,14H,2,5,11,13,21H2,1H3. The van der Waals surface area contributed by atoms with Crippen LogP contribution in [0.3, 0.4) is 0 Å². The third kappa shape index (κ3) is 3.15. The molecule has 0 spiro atoms. The van der Waals surface area contributed by atoms with E-state index in [1.807, 2.05) is 42.5 Å². The highest BCUT2D eigenvalue weighted by molar-refractivity contribution is 5.82. The van der Waals surface area contributed by atoms with E-state index in [0.29, 0.717) is 24.9 Å². The van der Waals surface area contributed by atoms with Crippen molar-refractivity contribution < 1.29 is 9.15 Å². The van der Waals surface area contributed by atoms with Crippen LogP contribution in [0.5, 0.6) is 5.88 Å². The molecule has 1 unspecified atom stereocenters. The van der Waals surface area contributed by atoms with Crippen molar-refractivity contribution in [3.05, 3.63) is 48.7 Å². The van der Waals surface area contributed by atoms with Crippen LogP contribution in [0.2, 0.25) is 0 Å². The van der Waals surface area contributed by atoms with Gasteiger partial charge in [-0.2, -0.15) is 0 Å². The van der Waals surface area contributed by atoms with E-state index >= 15 is 0 Å². The predicted molar refractivity (Wildman–Crippen MR) is 101 cm³/mol. The van der Waals surface area contributed by atoms with Crippen LogP contribution >= 0.6 is 0 Å². The number of para-hydroxylation sites is 1.